The van der Waals surface area contributed by atoms with Gasteiger partial charge in [-0.15, -0.1) is 0 Å². The summed E-state index contributed by atoms with van der Waals surface area (Å²) < 4.78 is 1.59. The molecule has 0 aliphatic carbocycles. The van der Waals surface area contributed by atoms with Gasteiger partial charge in [0.05, 0.1) is 5.52 Å². The van der Waals surface area contributed by atoms with Crippen LogP contribution in [0.25, 0.3) is 5.52 Å². The van der Waals surface area contributed by atoms with Crippen molar-refractivity contribution in [2.75, 3.05) is 0 Å². The quantitative estimate of drug-likeness (QED) is 0.593. The molecule has 3 nitrogen and oxygen atoms in total. The average Bonchev–Trinajstić information content (AvgIpc) is 2.31. The highest BCUT2D eigenvalue weighted by Gasteiger charge is 1.95. The first-order chi connectivity index (χ1) is 5.27. The summed E-state index contributed by atoms with van der Waals surface area (Å²) in [5.41, 5.74) is 1.95. The fourth-order valence-electron chi connectivity index (χ4n) is 1.19. The number of rotatable bonds is 0. The molecule has 2 heterocycles. The van der Waals surface area contributed by atoms with Gasteiger partial charge in [-0.2, -0.15) is 0 Å². The Kier molecular flexibility index (Phi) is 1.12. The minimum absolute atomic E-state index is 0.0874. The Hall–Kier alpha value is -1.51. The third-order valence-electron chi connectivity index (χ3n) is 1.67. The Morgan fingerprint density at radius 1 is 1.55 bits per heavy atom. The van der Waals surface area contributed by atoms with Gasteiger partial charge in [-0.25, -0.2) is 4.79 Å². The van der Waals surface area contributed by atoms with E-state index in [0.29, 0.717) is 0 Å². The number of aryl methyl sites for hydroxylation is 1. The van der Waals surface area contributed by atoms with Gasteiger partial charge < -0.3 is 4.98 Å². The summed E-state index contributed by atoms with van der Waals surface area (Å²) in [6.45, 7) is 1.96. The lowest BCUT2D eigenvalue weighted by molar-refractivity contribution is 1.01. The number of hydrogen-bond donors (Lipinski definition) is 1. The van der Waals surface area contributed by atoms with Crippen LogP contribution >= 0.6 is 0 Å². The summed E-state index contributed by atoms with van der Waals surface area (Å²) in [4.78, 5) is 13.7. The van der Waals surface area contributed by atoms with Crippen molar-refractivity contribution in [3.8, 4) is 0 Å². The summed E-state index contributed by atoms with van der Waals surface area (Å²) >= 11 is 0. The molecule has 0 radical (unpaired) electrons. The molecule has 0 fully saturated rings. The minimum atomic E-state index is -0.0874. The monoisotopic (exact) mass is 148 g/mol. The molecule has 0 atom stereocenters. The molecule has 0 spiro atoms. The van der Waals surface area contributed by atoms with Crippen LogP contribution in [-0.2, 0) is 0 Å². The van der Waals surface area contributed by atoms with Crippen molar-refractivity contribution in [1.82, 2.24) is 9.38 Å². The second-order valence-electron chi connectivity index (χ2n) is 2.60. The zero-order valence-electron chi connectivity index (χ0n) is 6.16. The molecule has 0 saturated heterocycles. The second-order valence-corrected chi connectivity index (χ2v) is 2.60. The van der Waals surface area contributed by atoms with Crippen LogP contribution in [0.1, 0.15) is 5.56 Å². The van der Waals surface area contributed by atoms with Crippen molar-refractivity contribution >= 4 is 5.52 Å². The van der Waals surface area contributed by atoms with Crippen LogP contribution in [0, 0.1) is 6.92 Å². The van der Waals surface area contributed by atoms with Gasteiger partial charge in [0, 0.05) is 12.4 Å². The van der Waals surface area contributed by atoms with E-state index in [9.17, 15) is 4.79 Å². The first-order valence-corrected chi connectivity index (χ1v) is 3.44. The fourth-order valence-corrected chi connectivity index (χ4v) is 1.19. The molecule has 0 aliphatic heterocycles. The summed E-state index contributed by atoms with van der Waals surface area (Å²) in [5.74, 6) is 0. The topological polar surface area (TPSA) is 37.3 Å². The van der Waals surface area contributed by atoms with E-state index in [4.69, 9.17) is 0 Å². The average molecular weight is 148 g/mol. The smallest absolute Gasteiger partial charge is 0.314 e. The highest BCUT2D eigenvalue weighted by molar-refractivity contribution is 5.48. The Labute approximate surface area is 63.3 Å². The van der Waals surface area contributed by atoms with E-state index in [1.54, 1.807) is 10.6 Å². The van der Waals surface area contributed by atoms with Crippen molar-refractivity contribution in [3.63, 3.8) is 0 Å². The van der Waals surface area contributed by atoms with E-state index in [-0.39, 0.29) is 5.69 Å². The Morgan fingerprint density at radius 3 is 3.09 bits per heavy atom. The molecule has 11 heavy (non-hydrogen) atoms. The Morgan fingerprint density at radius 2 is 2.36 bits per heavy atom. The minimum Gasteiger partial charge on any atom is -0.314 e. The fraction of sp³-hybridized carbons (Fsp3) is 0.125. The van der Waals surface area contributed by atoms with Crippen molar-refractivity contribution in [2.24, 2.45) is 0 Å². The molecule has 2 rings (SSSR count). The largest absolute Gasteiger partial charge is 0.329 e. The third-order valence-corrected chi connectivity index (χ3v) is 1.67. The summed E-state index contributed by atoms with van der Waals surface area (Å²) in [6, 6.07) is 3.84. The van der Waals surface area contributed by atoms with E-state index in [0.717, 1.165) is 11.1 Å². The molecule has 0 amide bonds. The third kappa shape index (κ3) is 0.852. The maximum absolute atomic E-state index is 11.1. The maximum Gasteiger partial charge on any atom is 0.329 e. The number of H-pyrrole nitrogens is 1. The van der Waals surface area contributed by atoms with Gasteiger partial charge in [-0.05, 0) is 24.6 Å². The molecule has 0 aromatic carbocycles. The number of fused-ring (bicyclic) bond motifs is 1. The normalized spacial score (nSPS) is 10.6. The van der Waals surface area contributed by atoms with Gasteiger partial charge >= 0.3 is 5.69 Å². The van der Waals surface area contributed by atoms with Gasteiger partial charge in [0.1, 0.15) is 0 Å². The van der Waals surface area contributed by atoms with Crippen LogP contribution in [0.5, 0.6) is 0 Å². The van der Waals surface area contributed by atoms with Crippen LogP contribution in [0.3, 0.4) is 0 Å². The van der Waals surface area contributed by atoms with Crippen LogP contribution in [0.15, 0.2) is 29.3 Å². The summed E-state index contributed by atoms with van der Waals surface area (Å²) in [5, 5.41) is 0. The molecule has 2 aromatic heterocycles. The molecular formula is C8H8N2O. The zero-order chi connectivity index (χ0) is 7.84. The highest BCUT2D eigenvalue weighted by atomic mass is 16.1. The summed E-state index contributed by atoms with van der Waals surface area (Å²) in [6.07, 6.45) is 3.46. The van der Waals surface area contributed by atoms with Crippen molar-refractivity contribution < 1.29 is 0 Å². The molecule has 56 valence electrons. The number of aromatic nitrogens is 2. The summed E-state index contributed by atoms with van der Waals surface area (Å²) in [7, 11) is 0. The molecular weight excluding hydrogens is 140 g/mol. The van der Waals surface area contributed by atoms with Gasteiger partial charge in [-0.3, -0.25) is 4.40 Å². The molecule has 1 N–H and O–H groups in total. The molecule has 2 aromatic rings. The molecule has 0 saturated carbocycles. The number of hydrogen-bond acceptors (Lipinski definition) is 1. The van der Waals surface area contributed by atoms with Gasteiger partial charge in [-0.1, -0.05) is 0 Å². The lowest BCUT2D eigenvalue weighted by Crippen LogP contribution is -2.13. The standard InChI is InChI=1S/C8H8N2O/c1-6-4-7-2-3-9-8(11)10(7)5-6/h2-5H,1H3,(H,9,11). The van der Waals surface area contributed by atoms with E-state index in [2.05, 4.69) is 4.98 Å². The number of aromatic amines is 1. The lowest BCUT2D eigenvalue weighted by atomic mass is 10.4. The Balaban J connectivity index is 3.02. The lowest BCUT2D eigenvalue weighted by Gasteiger charge is -1.88. The molecule has 3 heteroatoms. The van der Waals surface area contributed by atoms with Crippen molar-refractivity contribution in [3.05, 3.63) is 40.6 Å². The highest BCUT2D eigenvalue weighted by Crippen LogP contribution is 2.03. The SMILES string of the molecule is Cc1cc2cc[nH]c(=O)n2c1. The van der Waals surface area contributed by atoms with Crippen LogP contribution in [0.4, 0.5) is 0 Å². The van der Waals surface area contributed by atoms with E-state index in [1.807, 2.05) is 25.3 Å². The number of nitrogens with zero attached hydrogens (tertiary/aromatic N) is 1. The van der Waals surface area contributed by atoms with E-state index < -0.39 is 0 Å². The van der Waals surface area contributed by atoms with Gasteiger partial charge in [0.2, 0.25) is 0 Å². The molecule has 0 aliphatic rings. The predicted molar refractivity (Wildman–Crippen MR) is 42.8 cm³/mol. The first-order valence-electron chi connectivity index (χ1n) is 3.44. The van der Waals surface area contributed by atoms with Gasteiger partial charge in [0.15, 0.2) is 0 Å². The first kappa shape index (κ1) is 6.22. The zero-order valence-corrected chi connectivity index (χ0v) is 6.16. The Bertz CT molecular complexity index is 439. The van der Waals surface area contributed by atoms with Crippen LogP contribution in [0.2, 0.25) is 0 Å². The van der Waals surface area contributed by atoms with Crippen LogP contribution < -0.4 is 5.69 Å². The van der Waals surface area contributed by atoms with E-state index >= 15 is 0 Å². The molecule has 0 bridgehead atoms. The van der Waals surface area contributed by atoms with Gasteiger partial charge in [0.25, 0.3) is 0 Å². The maximum atomic E-state index is 11.1. The molecule has 0 unspecified atom stereocenters. The van der Waals surface area contributed by atoms with Crippen LogP contribution in [-0.4, -0.2) is 9.38 Å². The van der Waals surface area contributed by atoms with E-state index in [1.165, 1.54) is 0 Å². The second kappa shape index (κ2) is 1.99. The number of nitrogens with one attached hydrogen (secondary N) is 1. The predicted octanol–water partition coefficient (Wildman–Crippen LogP) is 0.936. The van der Waals surface area contributed by atoms with Crippen molar-refractivity contribution in [2.45, 2.75) is 6.92 Å². The van der Waals surface area contributed by atoms with Crippen molar-refractivity contribution in [1.29, 1.82) is 0 Å².